The molecule has 4 heteroatoms. The average molecular weight is 255 g/mol. The van der Waals surface area contributed by atoms with Crippen LogP contribution in [0.3, 0.4) is 0 Å². The summed E-state index contributed by atoms with van der Waals surface area (Å²) in [5.74, 6) is -0.0267. The Morgan fingerprint density at radius 2 is 1.89 bits per heavy atom. The number of hydrogen-bond acceptors (Lipinski definition) is 3. The second-order valence-corrected chi connectivity index (χ2v) is 6.39. The number of carbonyl (C=O) groups excluding carboxylic acids is 1. The molecule has 0 aromatic heterocycles. The largest absolute Gasteiger partial charge is 0.355 e. The summed E-state index contributed by atoms with van der Waals surface area (Å²) in [5, 5.41) is 2.94. The molecule has 106 valence electrons. The SMILES string of the molecule is CC(C)(C)[C@@H](N)C(=O)NCCCN1CCCCC1. The molecule has 0 aliphatic carbocycles. The molecular formula is C14H29N3O. The first-order chi connectivity index (χ1) is 8.41. The molecule has 1 fully saturated rings. The van der Waals surface area contributed by atoms with Crippen LogP contribution < -0.4 is 11.1 Å². The van der Waals surface area contributed by atoms with Gasteiger partial charge in [-0.1, -0.05) is 27.2 Å². The number of nitrogens with two attached hydrogens (primary N) is 1. The molecule has 1 heterocycles. The van der Waals surface area contributed by atoms with Crippen LogP contribution in [0.1, 0.15) is 46.5 Å². The molecule has 1 rings (SSSR count). The van der Waals surface area contributed by atoms with Gasteiger partial charge in [0.05, 0.1) is 6.04 Å². The molecule has 4 nitrogen and oxygen atoms in total. The lowest BCUT2D eigenvalue weighted by molar-refractivity contribution is -0.124. The number of rotatable bonds is 5. The van der Waals surface area contributed by atoms with E-state index in [1.807, 2.05) is 20.8 Å². The first-order valence-corrected chi connectivity index (χ1v) is 7.17. The van der Waals surface area contributed by atoms with Crippen molar-refractivity contribution in [2.24, 2.45) is 11.1 Å². The van der Waals surface area contributed by atoms with Crippen LogP contribution in [0, 0.1) is 5.41 Å². The van der Waals surface area contributed by atoms with Gasteiger partial charge in [0.2, 0.25) is 5.91 Å². The molecule has 1 aliphatic rings. The molecule has 1 amide bonds. The summed E-state index contributed by atoms with van der Waals surface area (Å²) in [4.78, 5) is 14.3. The highest BCUT2D eigenvalue weighted by Crippen LogP contribution is 2.17. The van der Waals surface area contributed by atoms with Gasteiger partial charge in [0, 0.05) is 6.54 Å². The fourth-order valence-corrected chi connectivity index (χ4v) is 2.20. The maximum Gasteiger partial charge on any atom is 0.237 e. The third-order valence-electron chi connectivity index (χ3n) is 3.61. The molecule has 1 atom stereocenters. The Hall–Kier alpha value is -0.610. The molecular weight excluding hydrogens is 226 g/mol. The van der Waals surface area contributed by atoms with E-state index in [4.69, 9.17) is 5.73 Å². The van der Waals surface area contributed by atoms with E-state index in [0.29, 0.717) is 0 Å². The Kier molecular flexibility index (Phi) is 6.09. The minimum absolute atomic E-state index is 0.0267. The quantitative estimate of drug-likeness (QED) is 0.729. The summed E-state index contributed by atoms with van der Waals surface area (Å²) in [5.41, 5.74) is 5.73. The van der Waals surface area contributed by atoms with E-state index in [0.717, 1.165) is 19.5 Å². The molecule has 0 spiro atoms. The molecule has 0 radical (unpaired) electrons. The molecule has 0 aromatic carbocycles. The molecule has 0 unspecified atom stereocenters. The lowest BCUT2D eigenvalue weighted by Gasteiger charge is -2.27. The normalized spacial score (nSPS) is 19.6. The first kappa shape index (κ1) is 15.4. The van der Waals surface area contributed by atoms with Gasteiger partial charge in [-0.3, -0.25) is 4.79 Å². The van der Waals surface area contributed by atoms with E-state index in [1.165, 1.54) is 32.4 Å². The van der Waals surface area contributed by atoms with Crippen molar-refractivity contribution in [3.63, 3.8) is 0 Å². The molecule has 18 heavy (non-hydrogen) atoms. The maximum atomic E-state index is 11.8. The molecule has 1 aliphatic heterocycles. The van der Waals surface area contributed by atoms with Gasteiger partial charge in [0.1, 0.15) is 0 Å². The first-order valence-electron chi connectivity index (χ1n) is 7.17. The summed E-state index contributed by atoms with van der Waals surface area (Å²) in [6, 6.07) is -0.424. The summed E-state index contributed by atoms with van der Waals surface area (Å²) >= 11 is 0. The highest BCUT2D eigenvalue weighted by molar-refractivity contribution is 5.82. The topological polar surface area (TPSA) is 58.4 Å². The van der Waals surface area contributed by atoms with Gasteiger partial charge in [0.25, 0.3) is 0 Å². The summed E-state index contributed by atoms with van der Waals surface area (Å²) in [6.45, 7) is 10.2. The average Bonchev–Trinajstić information content (AvgIpc) is 2.33. The van der Waals surface area contributed by atoms with Crippen molar-refractivity contribution in [2.45, 2.75) is 52.5 Å². The number of likely N-dealkylation sites (tertiary alicyclic amines) is 1. The van der Waals surface area contributed by atoms with E-state index < -0.39 is 6.04 Å². The Balaban J connectivity index is 2.11. The van der Waals surface area contributed by atoms with Crippen molar-refractivity contribution in [1.29, 1.82) is 0 Å². The fourth-order valence-electron chi connectivity index (χ4n) is 2.20. The highest BCUT2D eigenvalue weighted by atomic mass is 16.2. The molecule has 0 bridgehead atoms. The predicted octanol–water partition coefficient (Wildman–Crippen LogP) is 1.35. The van der Waals surface area contributed by atoms with Crippen molar-refractivity contribution in [3.8, 4) is 0 Å². The lowest BCUT2D eigenvalue weighted by atomic mass is 9.87. The molecule has 3 N–H and O–H groups in total. The monoisotopic (exact) mass is 255 g/mol. The zero-order chi connectivity index (χ0) is 13.6. The third kappa shape index (κ3) is 5.36. The number of carbonyl (C=O) groups is 1. The zero-order valence-electron chi connectivity index (χ0n) is 12.2. The van der Waals surface area contributed by atoms with Crippen molar-refractivity contribution >= 4 is 5.91 Å². The van der Waals surface area contributed by atoms with Gasteiger partial charge in [-0.15, -0.1) is 0 Å². The van der Waals surface area contributed by atoms with Crippen LogP contribution >= 0.6 is 0 Å². The summed E-state index contributed by atoms with van der Waals surface area (Å²) < 4.78 is 0. The smallest absolute Gasteiger partial charge is 0.237 e. The third-order valence-corrected chi connectivity index (χ3v) is 3.61. The standard InChI is InChI=1S/C14H29N3O/c1-14(2,3)12(15)13(18)16-8-7-11-17-9-5-4-6-10-17/h12H,4-11,15H2,1-3H3,(H,16,18)/t12-/m0/s1. The second kappa shape index (κ2) is 7.10. The molecule has 0 aromatic rings. The fraction of sp³-hybridized carbons (Fsp3) is 0.929. The number of nitrogens with one attached hydrogen (secondary N) is 1. The number of nitrogens with zero attached hydrogens (tertiary/aromatic N) is 1. The van der Waals surface area contributed by atoms with Gasteiger partial charge in [0.15, 0.2) is 0 Å². The maximum absolute atomic E-state index is 11.8. The highest BCUT2D eigenvalue weighted by Gasteiger charge is 2.26. The number of piperidine rings is 1. The minimum atomic E-state index is -0.424. The van der Waals surface area contributed by atoms with E-state index >= 15 is 0 Å². The zero-order valence-corrected chi connectivity index (χ0v) is 12.2. The van der Waals surface area contributed by atoms with Gasteiger partial charge in [-0.25, -0.2) is 0 Å². The van der Waals surface area contributed by atoms with Crippen LogP contribution in [-0.2, 0) is 4.79 Å². The van der Waals surface area contributed by atoms with Crippen LogP contribution in [0.2, 0.25) is 0 Å². The lowest BCUT2D eigenvalue weighted by Crippen LogP contribution is -2.49. The van der Waals surface area contributed by atoms with E-state index in [9.17, 15) is 4.79 Å². The van der Waals surface area contributed by atoms with Crippen molar-refractivity contribution in [1.82, 2.24) is 10.2 Å². The van der Waals surface area contributed by atoms with Gasteiger partial charge < -0.3 is 16.0 Å². The van der Waals surface area contributed by atoms with E-state index in [-0.39, 0.29) is 11.3 Å². The van der Waals surface area contributed by atoms with Crippen molar-refractivity contribution in [3.05, 3.63) is 0 Å². The molecule has 0 saturated carbocycles. The van der Waals surface area contributed by atoms with Crippen LogP contribution in [-0.4, -0.2) is 43.0 Å². The van der Waals surface area contributed by atoms with E-state index in [2.05, 4.69) is 10.2 Å². The summed E-state index contributed by atoms with van der Waals surface area (Å²) in [7, 11) is 0. The van der Waals surface area contributed by atoms with Crippen LogP contribution in [0.5, 0.6) is 0 Å². The van der Waals surface area contributed by atoms with Crippen LogP contribution in [0.15, 0.2) is 0 Å². The van der Waals surface area contributed by atoms with Gasteiger partial charge in [-0.2, -0.15) is 0 Å². The minimum Gasteiger partial charge on any atom is -0.355 e. The van der Waals surface area contributed by atoms with Crippen molar-refractivity contribution in [2.75, 3.05) is 26.2 Å². The van der Waals surface area contributed by atoms with E-state index in [1.54, 1.807) is 0 Å². The Morgan fingerprint density at radius 1 is 1.28 bits per heavy atom. The van der Waals surface area contributed by atoms with Gasteiger partial charge in [-0.05, 0) is 44.3 Å². The van der Waals surface area contributed by atoms with Crippen LogP contribution in [0.4, 0.5) is 0 Å². The predicted molar refractivity (Wildman–Crippen MR) is 75.3 cm³/mol. The van der Waals surface area contributed by atoms with Crippen molar-refractivity contribution < 1.29 is 4.79 Å². The Labute approximate surface area is 111 Å². The molecule has 1 saturated heterocycles. The Morgan fingerprint density at radius 3 is 2.44 bits per heavy atom. The second-order valence-electron chi connectivity index (χ2n) is 6.39. The van der Waals surface area contributed by atoms with Gasteiger partial charge >= 0.3 is 0 Å². The Bertz CT molecular complexity index is 254. The summed E-state index contributed by atoms with van der Waals surface area (Å²) in [6.07, 6.45) is 5.03. The van der Waals surface area contributed by atoms with Crippen LogP contribution in [0.25, 0.3) is 0 Å². The number of amides is 1. The number of hydrogen-bond donors (Lipinski definition) is 2.